The second kappa shape index (κ2) is 9.28. The second-order valence-electron chi connectivity index (χ2n) is 8.33. The number of nitrogens with one attached hydrogen (secondary N) is 2. The monoisotopic (exact) mass is 427 g/mol. The minimum absolute atomic E-state index is 0.0455. The summed E-state index contributed by atoms with van der Waals surface area (Å²) in [4.78, 5) is 4.38. The van der Waals surface area contributed by atoms with Crippen LogP contribution in [0.15, 0.2) is 24.5 Å². The van der Waals surface area contributed by atoms with Crippen molar-refractivity contribution in [3.05, 3.63) is 40.8 Å². The normalized spacial score (nSPS) is 11.5. The molecular formula is C21H26ClN7O. The lowest BCUT2D eigenvalue weighted by Crippen LogP contribution is -2.19. The molecule has 3 rings (SSSR count). The Balaban J connectivity index is 1.87. The highest BCUT2D eigenvalue weighted by Gasteiger charge is 2.16. The molecule has 0 saturated heterocycles. The van der Waals surface area contributed by atoms with Crippen molar-refractivity contribution in [2.75, 3.05) is 23.8 Å². The molecule has 2 heterocycles. The zero-order valence-corrected chi connectivity index (χ0v) is 18.2. The van der Waals surface area contributed by atoms with Crippen LogP contribution in [0.5, 0.6) is 0 Å². The fraction of sp³-hybridized carbons (Fsp3) is 0.429. The fourth-order valence-corrected chi connectivity index (χ4v) is 3.21. The number of halogens is 1. The summed E-state index contributed by atoms with van der Waals surface area (Å²) in [6.07, 6.45) is 4.03. The molecule has 0 radical (unpaired) electrons. The van der Waals surface area contributed by atoms with Gasteiger partial charge in [0.1, 0.15) is 11.8 Å². The van der Waals surface area contributed by atoms with Gasteiger partial charge in [0, 0.05) is 37.0 Å². The molecule has 0 aliphatic heterocycles. The molecule has 1 aromatic carbocycles. The lowest BCUT2D eigenvalue weighted by atomic mass is 9.96. The molecule has 0 fully saturated rings. The molecule has 3 aromatic rings. The maximum atomic E-state index is 9.55. The highest BCUT2D eigenvalue weighted by molar-refractivity contribution is 6.35. The van der Waals surface area contributed by atoms with Crippen LogP contribution in [0.4, 0.5) is 11.4 Å². The lowest BCUT2D eigenvalue weighted by molar-refractivity contribution is 0.276. The summed E-state index contributed by atoms with van der Waals surface area (Å²) in [7, 11) is 0. The van der Waals surface area contributed by atoms with Crippen LogP contribution in [0.25, 0.3) is 10.9 Å². The van der Waals surface area contributed by atoms with E-state index in [0.29, 0.717) is 42.2 Å². The molecule has 9 heteroatoms. The number of benzene rings is 1. The number of hydrogen-bond acceptors (Lipinski definition) is 7. The van der Waals surface area contributed by atoms with Gasteiger partial charge in [-0.25, -0.2) is 0 Å². The van der Waals surface area contributed by atoms with Gasteiger partial charge in [-0.15, -0.1) is 5.10 Å². The molecule has 0 unspecified atom stereocenters. The summed E-state index contributed by atoms with van der Waals surface area (Å²) in [5.74, 6) is 0. The van der Waals surface area contributed by atoms with Gasteiger partial charge >= 0.3 is 0 Å². The van der Waals surface area contributed by atoms with E-state index in [4.69, 9.17) is 16.7 Å². The summed E-state index contributed by atoms with van der Waals surface area (Å²) in [5, 5.41) is 34.7. The summed E-state index contributed by atoms with van der Waals surface area (Å²) < 4.78 is 1.71. The van der Waals surface area contributed by atoms with Crippen LogP contribution in [0.3, 0.4) is 0 Å². The van der Waals surface area contributed by atoms with Gasteiger partial charge in [-0.1, -0.05) is 37.6 Å². The molecule has 158 valence electrons. The summed E-state index contributed by atoms with van der Waals surface area (Å²) in [6.45, 7) is 8.30. The fourth-order valence-electron chi connectivity index (χ4n) is 2.94. The molecular weight excluding hydrogens is 402 g/mol. The van der Waals surface area contributed by atoms with Crippen LogP contribution < -0.4 is 10.6 Å². The first kappa shape index (κ1) is 21.8. The first-order valence-corrected chi connectivity index (χ1v) is 10.2. The number of fused-ring (bicyclic) bond motifs is 1. The van der Waals surface area contributed by atoms with E-state index in [1.807, 2.05) is 18.3 Å². The average molecular weight is 428 g/mol. The smallest absolute Gasteiger partial charge is 0.103 e. The van der Waals surface area contributed by atoms with Crippen molar-refractivity contribution in [3.8, 4) is 6.07 Å². The molecule has 30 heavy (non-hydrogen) atoms. The number of aliphatic hydroxyl groups excluding tert-OH is 1. The number of anilines is 2. The van der Waals surface area contributed by atoms with Gasteiger partial charge in [-0.2, -0.15) is 5.26 Å². The predicted octanol–water partition coefficient (Wildman–Crippen LogP) is 3.80. The van der Waals surface area contributed by atoms with Crippen molar-refractivity contribution in [3.63, 3.8) is 0 Å². The molecule has 3 N–H and O–H groups in total. The maximum absolute atomic E-state index is 9.55. The van der Waals surface area contributed by atoms with E-state index in [1.54, 1.807) is 10.9 Å². The lowest BCUT2D eigenvalue weighted by Gasteiger charge is -2.21. The first-order valence-electron chi connectivity index (χ1n) is 9.80. The Morgan fingerprint density at radius 1 is 1.27 bits per heavy atom. The van der Waals surface area contributed by atoms with Crippen LogP contribution in [-0.2, 0) is 13.1 Å². The van der Waals surface area contributed by atoms with E-state index in [0.717, 1.165) is 22.5 Å². The Kier molecular flexibility index (Phi) is 6.75. The molecule has 0 bridgehead atoms. The van der Waals surface area contributed by atoms with Gasteiger partial charge in [0.05, 0.1) is 34.5 Å². The van der Waals surface area contributed by atoms with Crippen molar-refractivity contribution in [1.82, 2.24) is 20.0 Å². The highest BCUT2D eigenvalue weighted by Crippen LogP contribution is 2.34. The topological polar surface area (TPSA) is 112 Å². The number of nitrogens with zero attached hydrogens (tertiary/aromatic N) is 5. The summed E-state index contributed by atoms with van der Waals surface area (Å²) in [6, 6.07) is 5.97. The molecule has 0 amide bonds. The predicted molar refractivity (Wildman–Crippen MR) is 118 cm³/mol. The van der Waals surface area contributed by atoms with Crippen molar-refractivity contribution in [1.29, 1.82) is 5.26 Å². The van der Waals surface area contributed by atoms with E-state index < -0.39 is 0 Å². The Morgan fingerprint density at radius 3 is 2.77 bits per heavy atom. The number of rotatable bonds is 8. The van der Waals surface area contributed by atoms with E-state index in [-0.39, 0.29) is 12.0 Å². The molecule has 2 aromatic heterocycles. The number of aromatic nitrogens is 4. The van der Waals surface area contributed by atoms with E-state index >= 15 is 0 Å². The Labute approximate surface area is 180 Å². The number of aliphatic hydroxyl groups is 1. The third-order valence-corrected chi connectivity index (χ3v) is 4.73. The van der Waals surface area contributed by atoms with E-state index in [1.165, 1.54) is 0 Å². The van der Waals surface area contributed by atoms with Crippen LogP contribution in [-0.4, -0.2) is 38.2 Å². The number of pyridine rings is 1. The van der Waals surface area contributed by atoms with Crippen molar-refractivity contribution >= 4 is 33.9 Å². The average Bonchev–Trinajstić information content (AvgIpc) is 3.16. The molecule has 0 aliphatic rings. The van der Waals surface area contributed by atoms with E-state index in [2.05, 4.69) is 52.8 Å². The van der Waals surface area contributed by atoms with Gasteiger partial charge in [0.15, 0.2) is 0 Å². The third-order valence-electron chi connectivity index (χ3n) is 4.45. The molecule has 0 spiro atoms. The van der Waals surface area contributed by atoms with Gasteiger partial charge < -0.3 is 15.7 Å². The van der Waals surface area contributed by atoms with Crippen LogP contribution in [0, 0.1) is 16.7 Å². The minimum atomic E-state index is 0.0455. The first-order chi connectivity index (χ1) is 14.3. The van der Waals surface area contributed by atoms with Gasteiger partial charge in [-0.05, 0) is 24.0 Å². The standard InChI is InChI=1S/C21H26ClN7O/c1-21(2,3)13-26-19-14(9-23)10-25-20-17(19)7-15(8-18(20)22)24-11-16-12-29(28-27-16)5-4-6-30/h7-8,10,12,24,30H,4-6,11,13H2,1-3H3,(H,25,26). The molecule has 0 saturated carbocycles. The summed E-state index contributed by atoms with van der Waals surface area (Å²) in [5.41, 5.74) is 3.48. The number of nitriles is 1. The van der Waals surface area contributed by atoms with Crippen molar-refractivity contribution in [2.45, 2.75) is 40.3 Å². The van der Waals surface area contributed by atoms with Crippen LogP contribution in [0.1, 0.15) is 38.4 Å². The SMILES string of the molecule is CC(C)(C)CNc1c(C#N)cnc2c(Cl)cc(NCc3cn(CCCO)nn3)cc12. The second-order valence-corrected chi connectivity index (χ2v) is 8.74. The zero-order valence-electron chi connectivity index (χ0n) is 17.4. The Bertz CT molecular complexity index is 1070. The van der Waals surface area contributed by atoms with E-state index in [9.17, 15) is 5.26 Å². The van der Waals surface area contributed by atoms with Crippen molar-refractivity contribution < 1.29 is 5.11 Å². The molecule has 0 atom stereocenters. The quantitative estimate of drug-likeness (QED) is 0.501. The Morgan fingerprint density at radius 2 is 2.07 bits per heavy atom. The Hall–Kier alpha value is -2.89. The summed E-state index contributed by atoms with van der Waals surface area (Å²) >= 11 is 6.49. The van der Waals surface area contributed by atoms with Gasteiger partial charge in [-0.3, -0.25) is 9.67 Å². The maximum Gasteiger partial charge on any atom is 0.103 e. The largest absolute Gasteiger partial charge is 0.396 e. The van der Waals surface area contributed by atoms with Gasteiger partial charge in [0.2, 0.25) is 0 Å². The highest BCUT2D eigenvalue weighted by atomic mass is 35.5. The zero-order chi connectivity index (χ0) is 21.7. The molecule has 0 aliphatic carbocycles. The minimum Gasteiger partial charge on any atom is -0.396 e. The van der Waals surface area contributed by atoms with Crippen molar-refractivity contribution in [2.24, 2.45) is 5.41 Å². The number of hydrogen-bond donors (Lipinski definition) is 3. The van der Waals surface area contributed by atoms with Gasteiger partial charge in [0.25, 0.3) is 0 Å². The molecule has 8 nitrogen and oxygen atoms in total. The van der Waals surface area contributed by atoms with Crippen LogP contribution in [0.2, 0.25) is 5.02 Å². The van der Waals surface area contributed by atoms with Crippen LogP contribution >= 0.6 is 11.6 Å². The third kappa shape index (κ3) is 5.38. The number of aryl methyl sites for hydroxylation is 1.